The molecule has 112 valence electrons. The Bertz CT molecular complexity index is 414. The highest BCUT2D eigenvalue weighted by atomic mass is 32.2. The van der Waals surface area contributed by atoms with E-state index in [1.165, 1.54) is 4.31 Å². The number of hydrogen-bond donors (Lipinski definition) is 1. The lowest BCUT2D eigenvalue weighted by Gasteiger charge is -2.30. The summed E-state index contributed by atoms with van der Waals surface area (Å²) >= 11 is 0. The predicted octanol–water partition coefficient (Wildman–Crippen LogP) is 0.199. The number of carbonyl (C=O) groups excluding carboxylic acids is 1. The third-order valence-corrected chi connectivity index (χ3v) is 4.76. The Morgan fingerprint density at radius 1 is 1.42 bits per heavy atom. The van der Waals surface area contributed by atoms with E-state index in [0.29, 0.717) is 19.7 Å². The molecule has 0 aromatic heterocycles. The molecule has 1 fully saturated rings. The first-order valence-electron chi connectivity index (χ1n) is 6.50. The van der Waals surface area contributed by atoms with E-state index in [9.17, 15) is 13.2 Å². The van der Waals surface area contributed by atoms with E-state index in [-0.39, 0.29) is 24.3 Å². The van der Waals surface area contributed by atoms with Gasteiger partial charge in [-0.3, -0.25) is 4.79 Å². The van der Waals surface area contributed by atoms with Gasteiger partial charge in [-0.25, -0.2) is 8.42 Å². The average Bonchev–Trinajstić information content (AvgIpc) is 2.27. The van der Waals surface area contributed by atoms with E-state index in [1.54, 1.807) is 20.8 Å². The summed E-state index contributed by atoms with van der Waals surface area (Å²) < 4.78 is 30.9. The second kappa shape index (κ2) is 6.19. The standard InChI is InChI=1S/C12H24N2O4S/c1-10-9-14(6-7-18-10)19(16,17)8-5-13-11(15)12(2,3)4/h10H,5-9H2,1-4H3,(H,13,15). The summed E-state index contributed by atoms with van der Waals surface area (Å²) in [6.07, 6.45) is -0.0762. The van der Waals surface area contributed by atoms with Crippen molar-refractivity contribution in [3.8, 4) is 0 Å². The molecule has 1 amide bonds. The van der Waals surface area contributed by atoms with Crippen LogP contribution in [-0.4, -0.2) is 56.7 Å². The second-order valence-electron chi connectivity index (χ2n) is 5.86. The molecule has 1 saturated heterocycles. The topological polar surface area (TPSA) is 75.7 Å². The molecule has 0 radical (unpaired) electrons. The molecule has 1 heterocycles. The van der Waals surface area contributed by atoms with Crippen LogP contribution in [-0.2, 0) is 19.6 Å². The van der Waals surface area contributed by atoms with Crippen LogP contribution in [0.5, 0.6) is 0 Å². The Labute approximate surface area is 115 Å². The van der Waals surface area contributed by atoms with Crippen molar-refractivity contribution in [2.75, 3.05) is 32.0 Å². The van der Waals surface area contributed by atoms with E-state index in [0.717, 1.165) is 0 Å². The highest BCUT2D eigenvalue weighted by Gasteiger charge is 2.28. The number of rotatable bonds is 4. The second-order valence-corrected chi connectivity index (χ2v) is 7.95. The van der Waals surface area contributed by atoms with Gasteiger partial charge in [0.2, 0.25) is 15.9 Å². The largest absolute Gasteiger partial charge is 0.376 e. The zero-order chi connectivity index (χ0) is 14.7. The van der Waals surface area contributed by atoms with E-state index >= 15 is 0 Å². The number of nitrogens with one attached hydrogen (secondary N) is 1. The van der Waals surface area contributed by atoms with Gasteiger partial charge in [-0.1, -0.05) is 20.8 Å². The lowest BCUT2D eigenvalue weighted by molar-refractivity contribution is -0.128. The lowest BCUT2D eigenvalue weighted by atomic mass is 9.96. The van der Waals surface area contributed by atoms with Gasteiger partial charge in [-0.15, -0.1) is 0 Å². The third-order valence-electron chi connectivity index (χ3n) is 2.92. The Balaban J connectivity index is 2.45. The summed E-state index contributed by atoms with van der Waals surface area (Å²) in [4.78, 5) is 11.6. The van der Waals surface area contributed by atoms with Crippen LogP contribution in [0.1, 0.15) is 27.7 Å². The van der Waals surface area contributed by atoms with Crippen molar-refractivity contribution in [3.05, 3.63) is 0 Å². The monoisotopic (exact) mass is 292 g/mol. The minimum atomic E-state index is -3.32. The minimum absolute atomic E-state index is 0.0679. The Kier molecular flexibility index (Phi) is 5.34. The van der Waals surface area contributed by atoms with Gasteiger partial charge in [0.05, 0.1) is 18.5 Å². The van der Waals surface area contributed by atoms with Gasteiger partial charge in [0, 0.05) is 25.0 Å². The minimum Gasteiger partial charge on any atom is -0.376 e. The van der Waals surface area contributed by atoms with Crippen LogP contribution in [0.15, 0.2) is 0 Å². The SMILES string of the molecule is CC1CN(S(=O)(=O)CCNC(=O)C(C)(C)C)CCO1. The van der Waals surface area contributed by atoms with Gasteiger partial charge >= 0.3 is 0 Å². The van der Waals surface area contributed by atoms with Crippen LogP contribution in [0.3, 0.4) is 0 Å². The van der Waals surface area contributed by atoms with Gasteiger partial charge in [0.25, 0.3) is 0 Å². The average molecular weight is 292 g/mol. The molecule has 1 unspecified atom stereocenters. The Hall–Kier alpha value is -0.660. The number of amides is 1. The first-order chi connectivity index (χ1) is 8.63. The zero-order valence-electron chi connectivity index (χ0n) is 12.1. The molecule has 0 saturated carbocycles. The van der Waals surface area contributed by atoms with Gasteiger partial charge in [0.15, 0.2) is 0 Å². The van der Waals surface area contributed by atoms with Crippen molar-refractivity contribution < 1.29 is 17.9 Å². The molecular formula is C12H24N2O4S. The number of ether oxygens (including phenoxy) is 1. The maximum Gasteiger partial charge on any atom is 0.225 e. The fourth-order valence-corrected chi connectivity index (χ4v) is 3.13. The van der Waals surface area contributed by atoms with Crippen LogP contribution in [0.2, 0.25) is 0 Å². The highest BCUT2D eigenvalue weighted by molar-refractivity contribution is 7.89. The summed E-state index contributed by atoms with van der Waals surface area (Å²) in [5, 5.41) is 2.65. The molecule has 1 aliphatic rings. The molecular weight excluding hydrogens is 268 g/mol. The molecule has 0 aromatic rings. The molecule has 0 bridgehead atoms. The van der Waals surface area contributed by atoms with Crippen molar-refractivity contribution in [1.82, 2.24) is 9.62 Å². The summed E-state index contributed by atoms with van der Waals surface area (Å²) in [7, 11) is -3.32. The number of sulfonamides is 1. The fraction of sp³-hybridized carbons (Fsp3) is 0.917. The maximum absolute atomic E-state index is 12.1. The molecule has 0 aliphatic carbocycles. The Morgan fingerprint density at radius 2 is 2.05 bits per heavy atom. The summed E-state index contributed by atoms with van der Waals surface area (Å²) in [6, 6.07) is 0. The molecule has 1 N–H and O–H groups in total. The van der Waals surface area contributed by atoms with Crippen LogP contribution in [0, 0.1) is 5.41 Å². The normalized spacial score (nSPS) is 22.2. The molecule has 7 heteroatoms. The zero-order valence-corrected chi connectivity index (χ0v) is 12.9. The molecule has 1 aliphatic heterocycles. The van der Waals surface area contributed by atoms with E-state index in [2.05, 4.69) is 5.32 Å². The number of carbonyl (C=O) groups is 1. The van der Waals surface area contributed by atoms with Crippen LogP contribution < -0.4 is 5.32 Å². The lowest BCUT2D eigenvalue weighted by Crippen LogP contribution is -2.47. The van der Waals surface area contributed by atoms with E-state index in [1.807, 2.05) is 6.92 Å². The van der Waals surface area contributed by atoms with Crippen LogP contribution in [0.25, 0.3) is 0 Å². The third kappa shape index (κ3) is 5.08. The van der Waals surface area contributed by atoms with Gasteiger partial charge < -0.3 is 10.1 Å². The predicted molar refractivity (Wildman–Crippen MR) is 73.2 cm³/mol. The van der Waals surface area contributed by atoms with Crippen molar-refractivity contribution >= 4 is 15.9 Å². The molecule has 0 spiro atoms. The number of nitrogens with zero attached hydrogens (tertiary/aromatic N) is 1. The first-order valence-corrected chi connectivity index (χ1v) is 8.11. The summed E-state index contributed by atoms with van der Waals surface area (Å²) in [6.45, 7) is 8.57. The number of morpholine rings is 1. The van der Waals surface area contributed by atoms with Gasteiger partial charge in [-0.05, 0) is 6.92 Å². The quantitative estimate of drug-likeness (QED) is 0.803. The highest BCUT2D eigenvalue weighted by Crippen LogP contribution is 2.13. The van der Waals surface area contributed by atoms with Crippen molar-refractivity contribution in [2.45, 2.75) is 33.8 Å². The van der Waals surface area contributed by atoms with Crippen molar-refractivity contribution in [2.24, 2.45) is 5.41 Å². The van der Waals surface area contributed by atoms with Crippen LogP contribution >= 0.6 is 0 Å². The molecule has 1 rings (SSSR count). The maximum atomic E-state index is 12.1. The van der Waals surface area contributed by atoms with Gasteiger partial charge in [0.1, 0.15) is 0 Å². The molecule has 1 atom stereocenters. The van der Waals surface area contributed by atoms with E-state index in [4.69, 9.17) is 4.74 Å². The summed E-state index contributed by atoms with van der Waals surface area (Å²) in [5.41, 5.74) is -0.503. The molecule has 0 aromatic carbocycles. The van der Waals surface area contributed by atoms with Crippen molar-refractivity contribution in [1.29, 1.82) is 0 Å². The fourth-order valence-electron chi connectivity index (χ4n) is 1.73. The van der Waals surface area contributed by atoms with Crippen LogP contribution in [0.4, 0.5) is 0 Å². The Morgan fingerprint density at radius 3 is 2.58 bits per heavy atom. The smallest absolute Gasteiger partial charge is 0.225 e. The van der Waals surface area contributed by atoms with Gasteiger partial charge in [-0.2, -0.15) is 4.31 Å². The van der Waals surface area contributed by atoms with Crippen molar-refractivity contribution in [3.63, 3.8) is 0 Å². The summed E-state index contributed by atoms with van der Waals surface area (Å²) in [5.74, 6) is -0.209. The molecule has 19 heavy (non-hydrogen) atoms. The molecule has 6 nitrogen and oxygen atoms in total. The number of hydrogen-bond acceptors (Lipinski definition) is 4. The first kappa shape index (κ1) is 16.4. The van der Waals surface area contributed by atoms with E-state index < -0.39 is 15.4 Å².